The summed E-state index contributed by atoms with van der Waals surface area (Å²) in [6, 6.07) is 11.2. The van der Waals surface area contributed by atoms with Gasteiger partial charge >= 0.3 is 0 Å². The van der Waals surface area contributed by atoms with Gasteiger partial charge in [0.15, 0.2) is 0 Å². The Morgan fingerprint density at radius 1 is 1.12 bits per heavy atom. The molecule has 1 aliphatic heterocycles. The number of fused-ring (bicyclic) bond motifs is 1. The van der Waals surface area contributed by atoms with E-state index in [1.807, 2.05) is 6.92 Å². The second-order valence-corrected chi connectivity index (χ2v) is 13.5. The summed E-state index contributed by atoms with van der Waals surface area (Å²) in [4.78, 5) is 15.7. The molecule has 4 rings (SSSR count). The summed E-state index contributed by atoms with van der Waals surface area (Å²) in [7, 11) is -3.96. The van der Waals surface area contributed by atoms with Gasteiger partial charge in [-0.3, -0.25) is 9.69 Å². The van der Waals surface area contributed by atoms with Crippen molar-refractivity contribution in [3.8, 4) is 5.75 Å². The Morgan fingerprint density at radius 2 is 1.85 bits per heavy atom. The van der Waals surface area contributed by atoms with Crippen molar-refractivity contribution in [2.24, 2.45) is 5.92 Å². The molecule has 3 N–H and O–H groups in total. The highest BCUT2D eigenvalue weighted by Gasteiger charge is 2.45. The molecule has 220 valence electrons. The first-order valence-electron chi connectivity index (χ1n) is 14.6. The van der Waals surface area contributed by atoms with E-state index < -0.39 is 27.8 Å². The molecule has 8 nitrogen and oxygen atoms in total. The largest absolute Gasteiger partial charge is 0.485 e. The van der Waals surface area contributed by atoms with E-state index in [4.69, 9.17) is 4.74 Å². The summed E-state index contributed by atoms with van der Waals surface area (Å²) in [5.74, 6) is 0.929. The standard InChI is InChI=1S/C31H45N3O5S/c1-6-22-11-14-25(15-12-22)40(37,38)33-28-26-20-23(13-16-27(26)39-31(4,5)29(28)35)30(36)32-17-18-34(7-2)24-10-8-9-21(3)19-24/h11-16,20-21,24,28-29,33,35H,6-10,17-19H2,1-5H3,(H,32,36)/t21?,24?,28-,29-/m1/s1. The second-order valence-electron chi connectivity index (χ2n) is 11.8. The smallest absolute Gasteiger partial charge is 0.251 e. The Hall–Kier alpha value is -2.46. The summed E-state index contributed by atoms with van der Waals surface area (Å²) in [5.41, 5.74) is 0.804. The normalized spacial score (nSPS) is 24.3. The third kappa shape index (κ3) is 6.87. The molecule has 1 fully saturated rings. The minimum atomic E-state index is -3.96. The van der Waals surface area contributed by atoms with E-state index in [-0.39, 0.29) is 10.8 Å². The third-order valence-electron chi connectivity index (χ3n) is 8.45. The zero-order chi connectivity index (χ0) is 29.1. The molecule has 2 aromatic rings. The number of likely N-dealkylation sites (N-methyl/N-ethyl adjacent to an activating group) is 1. The lowest BCUT2D eigenvalue weighted by atomic mass is 9.86. The van der Waals surface area contributed by atoms with Crippen molar-refractivity contribution >= 4 is 15.9 Å². The molecule has 1 amide bonds. The molecule has 40 heavy (non-hydrogen) atoms. The second kappa shape index (κ2) is 12.6. The number of carbonyl (C=O) groups excluding carboxylic acids is 1. The van der Waals surface area contributed by atoms with Gasteiger partial charge in [0.25, 0.3) is 5.91 Å². The number of aryl methyl sites for hydroxylation is 1. The van der Waals surface area contributed by atoms with Gasteiger partial charge in [-0.2, -0.15) is 0 Å². The molecular weight excluding hydrogens is 526 g/mol. The van der Waals surface area contributed by atoms with Gasteiger partial charge in [0.1, 0.15) is 17.5 Å². The molecule has 0 bridgehead atoms. The third-order valence-corrected chi connectivity index (χ3v) is 9.90. The first-order chi connectivity index (χ1) is 18.9. The van der Waals surface area contributed by atoms with Crippen molar-refractivity contribution in [3.05, 3.63) is 59.2 Å². The van der Waals surface area contributed by atoms with Gasteiger partial charge in [0, 0.05) is 30.3 Å². The number of aliphatic hydroxyl groups is 1. The van der Waals surface area contributed by atoms with Crippen LogP contribution in [0, 0.1) is 5.92 Å². The molecular formula is C31H45N3O5S. The maximum absolute atomic E-state index is 13.3. The Balaban J connectivity index is 1.50. The summed E-state index contributed by atoms with van der Waals surface area (Å²) in [6.45, 7) is 12.1. The Bertz CT molecular complexity index is 1280. The number of carbonyl (C=O) groups is 1. The van der Waals surface area contributed by atoms with Gasteiger partial charge < -0.3 is 15.2 Å². The molecule has 4 atom stereocenters. The lowest BCUT2D eigenvalue weighted by molar-refractivity contribution is -0.0603. The van der Waals surface area contributed by atoms with Crippen LogP contribution < -0.4 is 14.8 Å². The fourth-order valence-electron chi connectivity index (χ4n) is 5.96. The minimum absolute atomic E-state index is 0.115. The van der Waals surface area contributed by atoms with Gasteiger partial charge in [0.2, 0.25) is 10.0 Å². The van der Waals surface area contributed by atoms with Crippen LogP contribution in [0.2, 0.25) is 0 Å². The van der Waals surface area contributed by atoms with E-state index in [0.717, 1.165) is 31.0 Å². The topological polar surface area (TPSA) is 108 Å². The van der Waals surface area contributed by atoms with Crippen LogP contribution in [0.25, 0.3) is 0 Å². The van der Waals surface area contributed by atoms with Crippen LogP contribution in [-0.4, -0.2) is 61.7 Å². The number of hydrogen-bond acceptors (Lipinski definition) is 6. The van der Waals surface area contributed by atoms with Gasteiger partial charge in [-0.15, -0.1) is 0 Å². The maximum atomic E-state index is 13.3. The molecule has 0 spiro atoms. The van der Waals surface area contributed by atoms with Crippen LogP contribution in [0.4, 0.5) is 0 Å². The fraction of sp³-hybridized carbons (Fsp3) is 0.581. The highest BCUT2D eigenvalue weighted by Crippen LogP contribution is 2.41. The molecule has 9 heteroatoms. The predicted molar refractivity (Wildman–Crippen MR) is 157 cm³/mol. The summed E-state index contributed by atoms with van der Waals surface area (Å²) >= 11 is 0. The molecule has 2 aromatic carbocycles. The van der Waals surface area contributed by atoms with Crippen molar-refractivity contribution in [2.45, 2.75) is 95.4 Å². The van der Waals surface area contributed by atoms with E-state index in [1.54, 1.807) is 56.3 Å². The summed E-state index contributed by atoms with van der Waals surface area (Å²) in [6.07, 6.45) is 4.57. The van der Waals surface area contributed by atoms with Gasteiger partial charge in [0.05, 0.1) is 10.9 Å². The molecule has 0 aromatic heterocycles. The van der Waals surface area contributed by atoms with Crippen LogP contribution in [0.1, 0.15) is 87.8 Å². The quantitative estimate of drug-likeness (QED) is 0.390. The van der Waals surface area contributed by atoms with Crippen molar-refractivity contribution in [2.75, 3.05) is 19.6 Å². The fourth-order valence-corrected chi connectivity index (χ4v) is 7.18. The van der Waals surface area contributed by atoms with Crippen LogP contribution in [0.15, 0.2) is 47.4 Å². The maximum Gasteiger partial charge on any atom is 0.251 e. The Morgan fingerprint density at radius 3 is 2.50 bits per heavy atom. The number of nitrogens with zero attached hydrogens (tertiary/aromatic N) is 1. The highest BCUT2D eigenvalue weighted by molar-refractivity contribution is 7.89. The number of benzene rings is 2. The molecule has 2 unspecified atom stereocenters. The van der Waals surface area contributed by atoms with E-state index in [1.165, 1.54) is 25.7 Å². The van der Waals surface area contributed by atoms with Crippen molar-refractivity contribution in [1.82, 2.24) is 14.9 Å². The van der Waals surface area contributed by atoms with Crippen molar-refractivity contribution < 1.29 is 23.1 Å². The first-order valence-corrected chi connectivity index (χ1v) is 16.1. The SMILES string of the molecule is CCc1ccc(S(=O)(=O)N[C@@H]2c3cc(C(=O)NCCN(CC)C4CCCC(C)C4)ccc3OC(C)(C)[C@@H]2O)cc1. The van der Waals surface area contributed by atoms with Gasteiger partial charge in [-0.05, 0) is 81.5 Å². The monoisotopic (exact) mass is 571 g/mol. The van der Waals surface area contributed by atoms with E-state index >= 15 is 0 Å². The number of rotatable bonds is 10. The summed E-state index contributed by atoms with van der Waals surface area (Å²) in [5, 5.41) is 14.2. The number of ether oxygens (including phenoxy) is 1. The predicted octanol–water partition coefficient (Wildman–Crippen LogP) is 4.43. The molecule has 0 radical (unpaired) electrons. The molecule has 0 saturated heterocycles. The molecule has 1 saturated carbocycles. The van der Waals surface area contributed by atoms with Crippen LogP contribution in [0.5, 0.6) is 5.75 Å². The number of sulfonamides is 1. The lowest BCUT2D eigenvalue weighted by Gasteiger charge is -2.42. The zero-order valence-corrected chi connectivity index (χ0v) is 25.3. The van der Waals surface area contributed by atoms with Crippen LogP contribution in [-0.2, 0) is 16.4 Å². The van der Waals surface area contributed by atoms with Crippen LogP contribution >= 0.6 is 0 Å². The molecule has 1 heterocycles. The zero-order valence-electron chi connectivity index (χ0n) is 24.4. The molecule has 2 aliphatic rings. The van der Waals surface area contributed by atoms with Crippen LogP contribution in [0.3, 0.4) is 0 Å². The van der Waals surface area contributed by atoms with Crippen molar-refractivity contribution in [3.63, 3.8) is 0 Å². The summed E-state index contributed by atoms with van der Waals surface area (Å²) < 4.78 is 35.4. The van der Waals surface area contributed by atoms with Gasteiger partial charge in [-0.1, -0.05) is 45.7 Å². The Labute approximate surface area is 239 Å². The lowest BCUT2D eigenvalue weighted by Crippen LogP contribution is -2.53. The minimum Gasteiger partial charge on any atom is -0.485 e. The number of nitrogens with one attached hydrogen (secondary N) is 2. The average Bonchev–Trinajstić information content (AvgIpc) is 2.93. The van der Waals surface area contributed by atoms with Gasteiger partial charge in [-0.25, -0.2) is 13.1 Å². The average molecular weight is 572 g/mol. The highest BCUT2D eigenvalue weighted by atomic mass is 32.2. The number of amides is 1. The number of hydrogen-bond donors (Lipinski definition) is 3. The number of aliphatic hydroxyl groups excluding tert-OH is 1. The van der Waals surface area contributed by atoms with Crippen molar-refractivity contribution in [1.29, 1.82) is 0 Å². The first kappa shape index (κ1) is 30.5. The van der Waals surface area contributed by atoms with E-state index in [0.29, 0.717) is 29.5 Å². The van der Waals surface area contributed by atoms with E-state index in [9.17, 15) is 18.3 Å². The van der Waals surface area contributed by atoms with E-state index in [2.05, 4.69) is 28.8 Å². The molecule has 1 aliphatic carbocycles. The Kier molecular flexibility index (Phi) is 9.60.